The van der Waals surface area contributed by atoms with Crippen LogP contribution in [-0.2, 0) is 14.3 Å². The SMILES string of the molecule is C=CCC(/C=C/C(=O)OC(C)=O)CC. The average Bonchev–Trinajstić information content (AvgIpc) is 2.11. The Labute approximate surface area is 84.4 Å². The molecule has 0 N–H and O–H groups in total. The first-order chi connectivity index (χ1) is 6.60. The van der Waals surface area contributed by atoms with E-state index in [-0.39, 0.29) is 5.92 Å². The van der Waals surface area contributed by atoms with Gasteiger partial charge in [0.15, 0.2) is 0 Å². The van der Waals surface area contributed by atoms with Gasteiger partial charge in [0.2, 0.25) is 0 Å². The van der Waals surface area contributed by atoms with E-state index in [1.165, 1.54) is 13.0 Å². The number of hydrogen-bond donors (Lipinski definition) is 0. The number of esters is 2. The van der Waals surface area contributed by atoms with Gasteiger partial charge in [0, 0.05) is 13.0 Å². The molecule has 0 fully saturated rings. The summed E-state index contributed by atoms with van der Waals surface area (Å²) in [6, 6.07) is 0. The molecular weight excluding hydrogens is 180 g/mol. The van der Waals surface area contributed by atoms with E-state index in [1.807, 2.05) is 6.92 Å². The summed E-state index contributed by atoms with van der Waals surface area (Å²) in [7, 11) is 0. The maximum atomic E-state index is 10.9. The zero-order chi connectivity index (χ0) is 11.0. The molecule has 0 aliphatic carbocycles. The van der Waals surface area contributed by atoms with Crippen molar-refractivity contribution in [3.63, 3.8) is 0 Å². The summed E-state index contributed by atoms with van der Waals surface area (Å²) in [4.78, 5) is 21.3. The Hall–Kier alpha value is -1.38. The highest BCUT2D eigenvalue weighted by molar-refractivity contribution is 5.91. The van der Waals surface area contributed by atoms with Gasteiger partial charge in [-0.05, 0) is 18.8 Å². The van der Waals surface area contributed by atoms with Crippen molar-refractivity contribution in [1.29, 1.82) is 0 Å². The molecule has 0 aliphatic heterocycles. The van der Waals surface area contributed by atoms with E-state index < -0.39 is 11.9 Å². The molecule has 14 heavy (non-hydrogen) atoms. The average molecular weight is 196 g/mol. The number of carbonyl (C=O) groups excluding carboxylic acids is 2. The summed E-state index contributed by atoms with van der Waals surface area (Å²) in [5, 5.41) is 0. The Morgan fingerprint density at radius 3 is 2.57 bits per heavy atom. The third-order valence-corrected chi connectivity index (χ3v) is 1.74. The lowest BCUT2D eigenvalue weighted by atomic mass is 10.0. The molecule has 3 nitrogen and oxygen atoms in total. The molecule has 1 atom stereocenters. The third kappa shape index (κ3) is 6.17. The summed E-state index contributed by atoms with van der Waals surface area (Å²) in [6.45, 7) is 6.84. The van der Waals surface area contributed by atoms with Crippen molar-refractivity contribution < 1.29 is 14.3 Å². The smallest absolute Gasteiger partial charge is 0.338 e. The third-order valence-electron chi connectivity index (χ3n) is 1.74. The molecular formula is C11H16O3. The largest absolute Gasteiger partial charge is 0.390 e. The predicted octanol–water partition coefficient (Wildman–Crippen LogP) is 2.23. The Balaban J connectivity index is 4.05. The quantitative estimate of drug-likeness (QED) is 0.293. The van der Waals surface area contributed by atoms with Crippen LogP contribution in [0.3, 0.4) is 0 Å². The Bertz CT molecular complexity index is 241. The van der Waals surface area contributed by atoms with Gasteiger partial charge in [-0.15, -0.1) is 6.58 Å². The van der Waals surface area contributed by atoms with E-state index in [0.717, 1.165) is 12.8 Å². The monoisotopic (exact) mass is 196 g/mol. The van der Waals surface area contributed by atoms with Crippen molar-refractivity contribution in [2.45, 2.75) is 26.7 Å². The zero-order valence-electron chi connectivity index (χ0n) is 8.66. The molecule has 0 aromatic rings. The fraction of sp³-hybridized carbons (Fsp3) is 0.455. The van der Waals surface area contributed by atoms with Crippen molar-refractivity contribution in [3.05, 3.63) is 24.8 Å². The van der Waals surface area contributed by atoms with Crippen molar-refractivity contribution in [2.75, 3.05) is 0 Å². The van der Waals surface area contributed by atoms with Crippen LogP contribution in [0, 0.1) is 5.92 Å². The van der Waals surface area contributed by atoms with Gasteiger partial charge >= 0.3 is 11.9 Å². The molecule has 0 saturated heterocycles. The topological polar surface area (TPSA) is 43.4 Å². The van der Waals surface area contributed by atoms with Gasteiger partial charge < -0.3 is 4.74 Å². The molecule has 1 unspecified atom stereocenters. The molecule has 0 saturated carbocycles. The van der Waals surface area contributed by atoms with Gasteiger partial charge in [0.1, 0.15) is 0 Å². The Morgan fingerprint density at radius 1 is 1.50 bits per heavy atom. The first kappa shape index (κ1) is 12.6. The van der Waals surface area contributed by atoms with Crippen LogP contribution in [0.15, 0.2) is 24.8 Å². The van der Waals surface area contributed by atoms with Crippen LogP contribution in [-0.4, -0.2) is 11.9 Å². The molecule has 3 heteroatoms. The van der Waals surface area contributed by atoms with E-state index in [2.05, 4.69) is 11.3 Å². The second-order valence-electron chi connectivity index (χ2n) is 2.96. The second kappa shape index (κ2) is 7.06. The number of allylic oxidation sites excluding steroid dienone is 2. The maximum absolute atomic E-state index is 10.9. The minimum atomic E-state index is -0.611. The van der Waals surface area contributed by atoms with Gasteiger partial charge in [-0.3, -0.25) is 4.79 Å². The van der Waals surface area contributed by atoms with E-state index in [9.17, 15) is 9.59 Å². The Kier molecular flexibility index (Phi) is 6.37. The maximum Gasteiger partial charge on any atom is 0.338 e. The molecule has 0 rings (SSSR count). The number of carbonyl (C=O) groups is 2. The molecule has 0 amide bonds. The second-order valence-corrected chi connectivity index (χ2v) is 2.96. The normalized spacial score (nSPS) is 12.4. The highest BCUT2D eigenvalue weighted by Gasteiger charge is 2.03. The molecule has 0 spiro atoms. The van der Waals surface area contributed by atoms with Gasteiger partial charge in [-0.1, -0.05) is 19.1 Å². The van der Waals surface area contributed by atoms with Gasteiger partial charge in [-0.25, -0.2) is 4.79 Å². The fourth-order valence-corrected chi connectivity index (χ4v) is 0.986. The lowest BCUT2D eigenvalue weighted by molar-refractivity contribution is -0.154. The molecule has 0 bridgehead atoms. The van der Waals surface area contributed by atoms with Crippen LogP contribution in [0.5, 0.6) is 0 Å². The van der Waals surface area contributed by atoms with Crippen LogP contribution in [0.25, 0.3) is 0 Å². The first-order valence-electron chi connectivity index (χ1n) is 4.61. The van der Waals surface area contributed by atoms with E-state index in [0.29, 0.717) is 0 Å². The fourth-order valence-electron chi connectivity index (χ4n) is 0.986. The van der Waals surface area contributed by atoms with Crippen LogP contribution in [0.2, 0.25) is 0 Å². The van der Waals surface area contributed by atoms with Crippen LogP contribution in [0.4, 0.5) is 0 Å². The summed E-state index contributed by atoms with van der Waals surface area (Å²) in [5.41, 5.74) is 0. The summed E-state index contributed by atoms with van der Waals surface area (Å²) in [6.07, 6.45) is 6.58. The standard InChI is InChI=1S/C11H16O3/c1-4-6-10(5-2)7-8-11(13)14-9(3)12/h4,7-8,10H,1,5-6H2,2-3H3/b8-7+. The minimum absolute atomic E-state index is 0.284. The lowest BCUT2D eigenvalue weighted by Gasteiger charge is -2.04. The predicted molar refractivity (Wildman–Crippen MR) is 54.5 cm³/mol. The lowest BCUT2D eigenvalue weighted by Crippen LogP contribution is -2.06. The zero-order valence-corrected chi connectivity index (χ0v) is 8.66. The summed E-state index contributed by atoms with van der Waals surface area (Å²) >= 11 is 0. The number of hydrogen-bond acceptors (Lipinski definition) is 3. The van der Waals surface area contributed by atoms with Crippen LogP contribution < -0.4 is 0 Å². The van der Waals surface area contributed by atoms with Crippen LogP contribution in [0.1, 0.15) is 26.7 Å². The van der Waals surface area contributed by atoms with E-state index in [4.69, 9.17) is 0 Å². The first-order valence-corrected chi connectivity index (χ1v) is 4.61. The van der Waals surface area contributed by atoms with Gasteiger partial charge in [0.05, 0.1) is 0 Å². The highest BCUT2D eigenvalue weighted by Crippen LogP contribution is 2.09. The Morgan fingerprint density at radius 2 is 2.14 bits per heavy atom. The number of rotatable bonds is 5. The van der Waals surface area contributed by atoms with E-state index in [1.54, 1.807) is 12.2 Å². The molecule has 0 heterocycles. The molecule has 0 aromatic heterocycles. The van der Waals surface area contributed by atoms with Crippen molar-refractivity contribution in [3.8, 4) is 0 Å². The summed E-state index contributed by atoms with van der Waals surface area (Å²) < 4.78 is 4.33. The van der Waals surface area contributed by atoms with Gasteiger partial charge in [-0.2, -0.15) is 0 Å². The van der Waals surface area contributed by atoms with Gasteiger partial charge in [0.25, 0.3) is 0 Å². The number of ether oxygens (including phenoxy) is 1. The molecule has 0 radical (unpaired) electrons. The molecule has 0 aliphatic rings. The minimum Gasteiger partial charge on any atom is -0.390 e. The summed E-state index contributed by atoms with van der Waals surface area (Å²) in [5.74, 6) is -0.913. The van der Waals surface area contributed by atoms with Crippen molar-refractivity contribution >= 4 is 11.9 Å². The molecule has 0 aromatic carbocycles. The molecule has 78 valence electrons. The van der Waals surface area contributed by atoms with E-state index >= 15 is 0 Å². The van der Waals surface area contributed by atoms with Crippen molar-refractivity contribution in [2.24, 2.45) is 5.92 Å². The van der Waals surface area contributed by atoms with Crippen molar-refractivity contribution in [1.82, 2.24) is 0 Å². The van der Waals surface area contributed by atoms with Crippen LogP contribution >= 0.6 is 0 Å². The highest BCUT2D eigenvalue weighted by atomic mass is 16.6.